The van der Waals surface area contributed by atoms with Crippen molar-refractivity contribution in [3.63, 3.8) is 0 Å². The fraction of sp³-hybridized carbons (Fsp3) is 0.231. The molecule has 1 N–H and O–H groups in total. The average molecular weight is 316 g/mol. The number of hydrogen-bond donors (Lipinski definition) is 1. The van der Waals surface area contributed by atoms with E-state index < -0.39 is 17.6 Å². The molecule has 112 valence electrons. The standard InChI is InChI=1S/C13H11F3N2O2S/c1-2-20-18-11(19)10-7-21-12(17-10)8-4-3-5-9(6-8)13(14,15)16/h3-7H,2H2,1H3,(H,18,19). The highest BCUT2D eigenvalue weighted by Gasteiger charge is 2.30. The fourth-order valence-electron chi connectivity index (χ4n) is 1.53. The average Bonchev–Trinajstić information content (AvgIpc) is 2.94. The molecule has 0 saturated carbocycles. The first-order chi connectivity index (χ1) is 9.91. The molecule has 2 rings (SSSR count). The molecule has 0 spiro atoms. The van der Waals surface area contributed by atoms with Crippen LogP contribution in [0.5, 0.6) is 0 Å². The number of alkyl halides is 3. The van der Waals surface area contributed by atoms with Crippen LogP contribution in [0.15, 0.2) is 29.6 Å². The number of carbonyl (C=O) groups excluding carboxylic acids is 1. The SMILES string of the molecule is CCONC(=O)c1csc(-c2cccc(C(F)(F)F)c2)n1. The van der Waals surface area contributed by atoms with Crippen LogP contribution in [0, 0.1) is 0 Å². The van der Waals surface area contributed by atoms with Crippen molar-refractivity contribution in [1.29, 1.82) is 0 Å². The van der Waals surface area contributed by atoms with Crippen LogP contribution < -0.4 is 5.48 Å². The van der Waals surface area contributed by atoms with E-state index >= 15 is 0 Å². The minimum atomic E-state index is -4.41. The van der Waals surface area contributed by atoms with E-state index in [4.69, 9.17) is 4.84 Å². The number of carbonyl (C=O) groups is 1. The molecule has 1 heterocycles. The largest absolute Gasteiger partial charge is 0.416 e. The summed E-state index contributed by atoms with van der Waals surface area (Å²) in [6.45, 7) is 2.01. The number of hydrogen-bond acceptors (Lipinski definition) is 4. The van der Waals surface area contributed by atoms with Crippen LogP contribution in [0.1, 0.15) is 23.0 Å². The van der Waals surface area contributed by atoms with E-state index in [-0.39, 0.29) is 5.69 Å². The minimum Gasteiger partial charge on any atom is -0.274 e. The molecule has 0 aliphatic rings. The summed E-state index contributed by atoms with van der Waals surface area (Å²) < 4.78 is 38.0. The Labute approximate surface area is 122 Å². The van der Waals surface area contributed by atoms with Gasteiger partial charge in [0.15, 0.2) is 0 Å². The molecule has 2 aromatic rings. The van der Waals surface area contributed by atoms with E-state index in [2.05, 4.69) is 10.5 Å². The van der Waals surface area contributed by atoms with Crippen LogP contribution in [0.25, 0.3) is 10.6 Å². The molecular formula is C13H11F3N2O2S. The Hall–Kier alpha value is -1.93. The van der Waals surface area contributed by atoms with E-state index in [0.29, 0.717) is 17.2 Å². The first-order valence-corrected chi connectivity index (χ1v) is 6.85. The van der Waals surface area contributed by atoms with Gasteiger partial charge in [-0.15, -0.1) is 11.3 Å². The Morgan fingerprint density at radius 2 is 2.19 bits per heavy atom. The molecule has 0 atom stereocenters. The summed E-state index contributed by atoms with van der Waals surface area (Å²) in [5.41, 5.74) is 1.83. The van der Waals surface area contributed by atoms with Gasteiger partial charge in [0, 0.05) is 10.9 Å². The third-order valence-corrected chi connectivity index (χ3v) is 3.37. The molecule has 1 aromatic heterocycles. The van der Waals surface area contributed by atoms with Crippen LogP contribution in [-0.2, 0) is 11.0 Å². The van der Waals surface area contributed by atoms with Gasteiger partial charge in [0.05, 0.1) is 12.2 Å². The number of rotatable bonds is 4. The molecule has 0 aliphatic heterocycles. The van der Waals surface area contributed by atoms with Gasteiger partial charge in [-0.2, -0.15) is 13.2 Å². The van der Waals surface area contributed by atoms with Gasteiger partial charge >= 0.3 is 6.18 Å². The molecule has 0 saturated heterocycles. The van der Waals surface area contributed by atoms with E-state index in [0.717, 1.165) is 23.5 Å². The topological polar surface area (TPSA) is 51.2 Å². The van der Waals surface area contributed by atoms with Crippen molar-refractivity contribution in [3.05, 3.63) is 40.9 Å². The van der Waals surface area contributed by atoms with Gasteiger partial charge < -0.3 is 0 Å². The number of thiazole rings is 1. The lowest BCUT2D eigenvalue weighted by Gasteiger charge is -2.07. The zero-order chi connectivity index (χ0) is 15.5. The van der Waals surface area contributed by atoms with Crippen LogP contribution in [-0.4, -0.2) is 17.5 Å². The summed E-state index contributed by atoms with van der Waals surface area (Å²) in [5.74, 6) is -0.536. The molecular weight excluding hydrogens is 305 g/mol. The Morgan fingerprint density at radius 1 is 1.43 bits per heavy atom. The summed E-state index contributed by atoms with van der Waals surface area (Å²) in [4.78, 5) is 20.4. The molecule has 8 heteroatoms. The van der Waals surface area contributed by atoms with Gasteiger partial charge in [-0.3, -0.25) is 9.63 Å². The first-order valence-electron chi connectivity index (χ1n) is 5.97. The third-order valence-electron chi connectivity index (χ3n) is 2.48. The number of nitrogens with zero attached hydrogens (tertiary/aromatic N) is 1. The lowest BCUT2D eigenvalue weighted by atomic mass is 10.1. The molecule has 4 nitrogen and oxygen atoms in total. The number of halogens is 3. The first kappa shape index (κ1) is 15.5. The van der Waals surface area contributed by atoms with E-state index in [1.54, 1.807) is 6.92 Å². The van der Waals surface area contributed by atoms with Crippen LogP contribution >= 0.6 is 11.3 Å². The predicted octanol–water partition coefficient (Wildman–Crippen LogP) is 3.51. The van der Waals surface area contributed by atoms with Gasteiger partial charge in [0.25, 0.3) is 5.91 Å². The summed E-state index contributed by atoms with van der Waals surface area (Å²) in [5, 5.41) is 1.80. The fourth-order valence-corrected chi connectivity index (χ4v) is 2.33. The lowest BCUT2D eigenvalue weighted by Crippen LogP contribution is -2.23. The van der Waals surface area contributed by atoms with Crippen molar-refractivity contribution >= 4 is 17.2 Å². The smallest absolute Gasteiger partial charge is 0.274 e. The van der Waals surface area contributed by atoms with Crippen molar-refractivity contribution in [2.24, 2.45) is 0 Å². The van der Waals surface area contributed by atoms with Gasteiger partial charge in [0.1, 0.15) is 10.7 Å². The molecule has 0 unspecified atom stereocenters. The highest BCUT2D eigenvalue weighted by Crippen LogP contribution is 2.33. The van der Waals surface area contributed by atoms with Gasteiger partial charge in [-0.25, -0.2) is 10.5 Å². The molecule has 0 radical (unpaired) electrons. The molecule has 0 fully saturated rings. The number of benzene rings is 1. The zero-order valence-electron chi connectivity index (χ0n) is 10.9. The Kier molecular flexibility index (Phi) is 4.59. The van der Waals surface area contributed by atoms with Crippen LogP contribution in [0.4, 0.5) is 13.2 Å². The number of hydroxylamine groups is 1. The van der Waals surface area contributed by atoms with E-state index in [1.807, 2.05) is 0 Å². The molecule has 0 bridgehead atoms. The number of nitrogens with one attached hydrogen (secondary N) is 1. The second-order valence-electron chi connectivity index (χ2n) is 3.98. The summed E-state index contributed by atoms with van der Waals surface area (Å²) in [6, 6.07) is 4.81. The van der Waals surface area contributed by atoms with Gasteiger partial charge in [0.2, 0.25) is 0 Å². The Balaban J connectivity index is 2.24. The number of aromatic nitrogens is 1. The van der Waals surface area contributed by atoms with Crippen molar-refractivity contribution < 1.29 is 22.8 Å². The number of amides is 1. The molecule has 0 aliphatic carbocycles. The van der Waals surface area contributed by atoms with Gasteiger partial charge in [-0.1, -0.05) is 12.1 Å². The Bertz CT molecular complexity index is 640. The van der Waals surface area contributed by atoms with E-state index in [1.165, 1.54) is 17.5 Å². The second kappa shape index (κ2) is 6.23. The normalized spacial score (nSPS) is 11.4. The summed E-state index contributed by atoms with van der Waals surface area (Å²) in [6.07, 6.45) is -4.41. The Morgan fingerprint density at radius 3 is 2.86 bits per heavy atom. The maximum absolute atomic E-state index is 12.7. The van der Waals surface area contributed by atoms with Crippen LogP contribution in [0.2, 0.25) is 0 Å². The lowest BCUT2D eigenvalue weighted by molar-refractivity contribution is -0.137. The highest BCUT2D eigenvalue weighted by atomic mass is 32.1. The predicted molar refractivity (Wildman–Crippen MR) is 71.6 cm³/mol. The van der Waals surface area contributed by atoms with Gasteiger partial charge in [-0.05, 0) is 19.1 Å². The van der Waals surface area contributed by atoms with E-state index in [9.17, 15) is 18.0 Å². The highest BCUT2D eigenvalue weighted by molar-refractivity contribution is 7.13. The van der Waals surface area contributed by atoms with Crippen molar-refractivity contribution in [1.82, 2.24) is 10.5 Å². The zero-order valence-corrected chi connectivity index (χ0v) is 11.7. The third kappa shape index (κ3) is 3.79. The van der Waals surface area contributed by atoms with Crippen molar-refractivity contribution in [2.45, 2.75) is 13.1 Å². The minimum absolute atomic E-state index is 0.0980. The summed E-state index contributed by atoms with van der Waals surface area (Å²) in [7, 11) is 0. The molecule has 1 amide bonds. The quantitative estimate of drug-likeness (QED) is 0.878. The maximum atomic E-state index is 12.7. The monoisotopic (exact) mass is 316 g/mol. The van der Waals surface area contributed by atoms with Crippen LogP contribution in [0.3, 0.4) is 0 Å². The maximum Gasteiger partial charge on any atom is 0.416 e. The summed E-state index contributed by atoms with van der Waals surface area (Å²) >= 11 is 1.09. The molecule has 1 aromatic carbocycles. The molecule has 21 heavy (non-hydrogen) atoms. The second-order valence-corrected chi connectivity index (χ2v) is 4.84. The van der Waals surface area contributed by atoms with Crippen molar-refractivity contribution in [2.75, 3.05) is 6.61 Å². The van der Waals surface area contributed by atoms with Crippen molar-refractivity contribution in [3.8, 4) is 10.6 Å².